The molecule has 0 bridgehead atoms. The molecule has 0 amide bonds. The van der Waals surface area contributed by atoms with Crippen molar-refractivity contribution in [2.45, 2.75) is 50.9 Å². The minimum atomic E-state index is -1.45. The van der Waals surface area contributed by atoms with Crippen molar-refractivity contribution in [3.05, 3.63) is 29.6 Å². The molecule has 0 unspecified atom stereocenters. The second-order valence-electron chi connectivity index (χ2n) is 6.94. The van der Waals surface area contributed by atoms with E-state index in [1.807, 2.05) is 20.8 Å². The van der Waals surface area contributed by atoms with Crippen LogP contribution in [0.4, 0.5) is 4.39 Å². The van der Waals surface area contributed by atoms with E-state index in [1.165, 1.54) is 12.1 Å². The van der Waals surface area contributed by atoms with E-state index in [0.717, 1.165) is 6.42 Å². The van der Waals surface area contributed by atoms with Gasteiger partial charge in [-0.05, 0) is 51.8 Å². The lowest BCUT2D eigenvalue weighted by molar-refractivity contribution is 0.141. The molecular formula is C18H25ClFNO3S. The van der Waals surface area contributed by atoms with Gasteiger partial charge in [-0.25, -0.2) is 4.39 Å². The zero-order chi connectivity index (χ0) is 18.4. The average molecular weight is 390 g/mol. The van der Waals surface area contributed by atoms with Gasteiger partial charge in [-0.1, -0.05) is 4.40 Å². The van der Waals surface area contributed by atoms with Crippen molar-refractivity contribution in [3.63, 3.8) is 0 Å². The summed E-state index contributed by atoms with van der Waals surface area (Å²) in [6, 6.07) is 4.34. The van der Waals surface area contributed by atoms with Crippen molar-refractivity contribution in [2.75, 3.05) is 19.1 Å². The summed E-state index contributed by atoms with van der Waals surface area (Å²) in [5, 5.41) is 0. The number of halogens is 2. The molecule has 2 rings (SSSR count). The lowest BCUT2D eigenvalue weighted by Crippen LogP contribution is -2.27. The van der Waals surface area contributed by atoms with Crippen LogP contribution in [-0.4, -0.2) is 40.2 Å². The fourth-order valence-corrected chi connectivity index (χ4v) is 3.11. The minimum absolute atomic E-state index is 0.0633. The van der Waals surface area contributed by atoms with Crippen LogP contribution in [-0.2, 0) is 16.1 Å². The van der Waals surface area contributed by atoms with Crippen LogP contribution in [0.1, 0.15) is 45.6 Å². The van der Waals surface area contributed by atoms with Gasteiger partial charge in [0.15, 0.2) is 0 Å². The monoisotopic (exact) mass is 389 g/mol. The molecule has 1 saturated heterocycles. The van der Waals surface area contributed by atoms with Crippen molar-refractivity contribution in [1.29, 1.82) is 0 Å². The van der Waals surface area contributed by atoms with Gasteiger partial charge in [0.1, 0.15) is 39.5 Å². The molecule has 0 N–H and O–H groups in total. The third kappa shape index (κ3) is 6.13. The first-order valence-electron chi connectivity index (χ1n) is 8.41. The van der Waals surface area contributed by atoms with Gasteiger partial charge in [0, 0.05) is 17.9 Å². The Balaban J connectivity index is 2.36. The lowest BCUT2D eigenvalue weighted by Gasteiger charge is -2.21. The minimum Gasteiger partial charge on any atom is -0.591 e. The Hall–Kier alpha value is -0.820. The number of alkyl halides is 1. The quantitative estimate of drug-likeness (QED) is 0.397. The maximum Gasteiger partial charge on any atom is 0.144 e. The van der Waals surface area contributed by atoms with Gasteiger partial charge in [0.05, 0.1) is 13.2 Å². The highest BCUT2D eigenvalue weighted by atomic mass is 35.5. The van der Waals surface area contributed by atoms with E-state index in [-0.39, 0.29) is 11.9 Å². The van der Waals surface area contributed by atoms with Crippen LogP contribution in [0.5, 0.6) is 5.75 Å². The molecule has 1 aliphatic heterocycles. The van der Waals surface area contributed by atoms with Crippen LogP contribution in [0.15, 0.2) is 22.6 Å². The number of rotatable bonds is 7. The summed E-state index contributed by atoms with van der Waals surface area (Å²) in [4.78, 5) is 0. The van der Waals surface area contributed by atoms with Crippen LogP contribution in [0.25, 0.3) is 0 Å². The topological polar surface area (TPSA) is 53.9 Å². The Morgan fingerprint density at radius 3 is 2.84 bits per heavy atom. The van der Waals surface area contributed by atoms with Gasteiger partial charge in [-0.3, -0.25) is 0 Å². The third-order valence-corrected chi connectivity index (χ3v) is 5.40. The molecule has 1 aliphatic rings. The molecule has 0 saturated carbocycles. The predicted octanol–water partition coefficient (Wildman–Crippen LogP) is 4.26. The fraction of sp³-hybridized carbons (Fsp3) is 0.611. The van der Waals surface area contributed by atoms with Gasteiger partial charge in [0.25, 0.3) is 0 Å². The maximum absolute atomic E-state index is 13.9. The third-order valence-electron chi connectivity index (χ3n) is 3.70. The highest BCUT2D eigenvalue weighted by Gasteiger charge is 2.28. The Morgan fingerprint density at radius 2 is 2.24 bits per heavy atom. The van der Waals surface area contributed by atoms with E-state index in [0.29, 0.717) is 49.0 Å². The van der Waals surface area contributed by atoms with Crippen LogP contribution >= 0.6 is 11.6 Å². The van der Waals surface area contributed by atoms with Gasteiger partial charge in [-0.15, -0.1) is 11.6 Å². The largest absolute Gasteiger partial charge is 0.591 e. The summed E-state index contributed by atoms with van der Waals surface area (Å²) < 4.78 is 41.6. The van der Waals surface area contributed by atoms with Crippen molar-refractivity contribution >= 4 is 28.7 Å². The standard InChI is InChI=1S/C18H25ClFNO3S/c1-18(2,3)25(22)21-16(5-4-9-19)15-11-13(20)6-7-17(15)24-14-8-10-23-12-14/h6-7,11,14H,4-5,8-10,12H2,1-3H3/t14-,25+/m1/s1. The van der Waals surface area contributed by atoms with Crippen LogP contribution in [0, 0.1) is 5.82 Å². The van der Waals surface area contributed by atoms with Crippen LogP contribution in [0.2, 0.25) is 0 Å². The summed E-state index contributed by atoms with van der Waals surface area (Å²) in [7, 11) is 0. The molecule has 140 valence electrons. The summed E-state index contributed by atoms with van der Waals surface area (Å²) in [6.45, 7) is 6.72. The predicted molar refractivity (Wildman–Crippen MR) is 101 cm³/mol. The second-order valence-corrected chi connectivity index (χ2v) is 9.22. The zero-order valence-electron chi connectivity index (χ0n) is 14.9. The number of benzene rings is 1. The maximum atomic E-state index is 13.9. The Morgan fingerprint density at radius 1 is 1.48 bits per heavy atom. The number of ether oxygens (including phenoxy) is 2. The van der Waals surface area contributed by atoms with E-state index >= 15 is 0 Å². The summed E-state index contributed by atoms with van der Waals surface area (Å²) in [5.74, 6) is 0.602. The van der Waals surface area contributed by atoms with Crippen molar-refractivity contribution in [1.82, 2.24) is 0 Å². The average Bonchev–Trinajstić information content (AvgIpc) is 3.05. The molecule has 1 aromatic rings. The highest BCUT2D eigenvalue weighted by Crippen LogP contribution is 2.27. The molecule has 0 aromatic heterocycles. The van der Waals surface area contributed by atoms with Crippen molar-refractivity contribution in [2.24, 2.45) is 4.40 Å². The van der Waals surface area contributed by atoms with E-state index in [1.54, 1.807) is 6.07 Å². The first kappa shape index (κ1) is 20.5. The van der Waals surface area contributed by atoms with E-state index < -0.39 is 16.1 Å². The molecule has 2 atom stereocenters. The first-order chi connectivity index (χ1) is 11.8. The number of nitrogens with zero attached hydrogens (tertiary/aromatic N) is 1. The summed E-state index contributed by atoms with van der Waals surface area (Å²) in [6.07, 6.45) is 1.89. The zero-order valence-corrected chi connectivity index (χ0v) is 16.5. The van der Waals surface area contributed by atoms with Gasteiger partial charge < -0.3 is 14.0 Å². The number of hydrogen-bond donors (Lipinski definition) is 0. The normalized spacial score (nSPS) is 19.9. The molecule has 4 nitrogen and oxygen atoms in total. The molecule has 0 aliphatic carbocycles. The smallest absolute Gasteiger partial charge is 0.144 e. The summed E-state index contributed by atoms with van der Waals surface area (Å²) >= 11 is 4.37. The van der Waals surface area contributed by atoms with Gasteiger partial charge >= 0.3 is 0 Å². The Bertz CT molecular complexity index is 600. The van der Waals surface area contributed by atoms with E-state index in [2.05, 4.69) is 4.40 Å². The lowest BCUT2D eigenvalue weighted by atomic mass is 10.0. The molecule has 25 heavy (non-hydrogen) atoms. The molecule has 0 spiro atoms. The summed E-state index contributed by atoms with van der Waals surface area (Å²) in [5.41, 5.74) is 1.09. The van der Waals surface area contributed by atoms with Crippen LogP contribution in [0.3, 0.4) is 0 Å². The molecular weight excluding hydrogens is 365 g/mol. The molecule has 1 aromatic carbocycles. The molecule has 0 radical (unpaired) electrons. The molecule has 7 heteroatoms. The molecule has 1 fully saturated rings. The van der Waals surface area contributed by atoms with Crippen molar-refractivity contribution in [3.8, 4) is 5.75 Å². The van der Waals surface area contributed by atoms with Gasteiger partial charge in [-0.2, -0.15) is 0 Å². The van der Waals surface area contributed by atoms with E-state index in [4.69, 9.17) is 21.1 Å². The highest BCUT2D eigenvalue weighted by molar-refractivity contribution is 7.91. The second kappa shape index (κ2) is 9.21. The fourth-order valence-electron chi connectivity index (χ4n) is 2.32. The first-order valence-corrected chi connectivity index (χ1v) is 10.0. The Labute approximate surface area is 157 Å². The molecule has 1 heterocycles. The van der Waals surface area contributed by atoms with Gasteiger partial charge in [0.2, 0.25) is 0 Å². The van der Waals surface area contributed by atoms with E-state index in [9.17, 15) is 8.94 Å². The van der Waals surface area contributed by atoms with Crippen LogP contribution < -0.4 is 4.74 Å². The Kier molecular flexibility index (Phi) is 7.55. The number of hydrogen-bond acceptors (Lipinski definition) is 4. The SMILES string of the molecule is CC(C)(C)[S@+]([O-])N=C(CCCCl)c1cc(F)ccc1O[C@@H]1CCOC1. The van der Waals surface area contributed by atoms with Crippen molar-refractivity contribution < 1.29 is 18.4 Å².